The van der Waals surface area contributed by atoms with Crippen molar-refractivity contribution in [1.82, 2.24) is 20.2 Å². The van der Waals surface area contributed by atoms with Crippen LogP contribution in [0.15, 0.2) is 83.1 Å². The first kappa shape index (κ1) is 24.5. The van der Waals surface area contributed by atoms with Crippen LogP contribution in [0.1, 0.15) is 18.1 Å². The van der Waals surface area contributed by atoms with Crippen LogP contribution in [-0.4, -0.2) is 39.2 Å². The van der Waals surface area contributed by atoms with Crippen molar-refractivity contribution in [1.29, 1.82) is 0 Å². The Hall–Kier alpha value is -3.62. The molecule has 7 nitrogen and oxygen atoms in total. The Labute approximate surface area is 213 Å². The number of carbonyl (C=O) groups excluding carboxylic acids is 1. The molecule has 0 atom stereocenters. The number of halogens is 1. The Morgan fingerprint density at radius 2 is 1.77 bits per heavy atom. The van der Waals surface area contributed by atoms with Gasteiger partial charge in [0, 0.05) is 21.8 Å². The molecular weight excluding hydrogens is 482 g/mol. The fourth-order valence-electron chi connectivity index (χ4n) is 3.34. The molecule has 0 aliphatic rings. The van der Waals surface area contributed by atoms with E-state index in [4.69, 9.17) is 16.3 Å². The van der Waals surface area contributed by atoms with Gasteiger partial charge >= 0.3 is 0 Å². The number of hydrazone groups is 1. The van der Waals surface area contributed by atoms with Gasteiger partial charge in [0.25, 0.3) is 5.91 Å². The molecule has 0 radical (unpaired) electrons. The normalized spacial score (nSPS) is 11.4. The van der Waals surface area contributed by atoms with Crippen LogP contribution < -0.4 is 10.2 Å². The van der Waals surface area contributed by atoms with Gasteiger partial charge < -0.3 is 4.74 Å². The molecule has 0 bridgehead atoms. The number of ether oxygens (including phenoxy) is 1. The first-order chi connectivity index (χ1) is 17.0. The summed E-state index contributed by atoms with van der Waals surface area (Å²) >= 11 is 7.49. The summed E-state index contributed by atoms with van der Waals surface area (Å²) in [6.45, 7) is 3.83. The molecule has 1 aromatic heterocycles. The average Bonchev–Trinajstić information content (AvgIpc) is 3.30. The number of aryl methyl sites for hydroxylation is 1. The molecule has 3 aromatic carbocycles. The first-order valence-corrected chi connectivity index (χ1v) is 12.2. The van der Waals surface area contributed by atoms with E-state index in [0.29, 0.717) is 21.7 Å². The van der Waals surface area contributed by atoms with E-state index in [1.807, 2.05) is 78.2 Å². The van der Waals surface area contributed by atoms with E-state index in [0.717, 1.165) is 28.1 Å². The molecule has 0 saturated carbocycles. The van der Waals surface area contributed by atoms with Crippen LogP contribution in [0.4, 0.5) is 0 Å². The molecule has 4 aromatic rings. The van der Waals surface area contributed by atoms with Crippen molar-refractivity contribution >= 4 is 35.0 Å². The minimum atomic E-state index is -0.258. The van der Waals surface area contributed by atoms with Crippen LogP contribution in [0.25, 0.3) is 17.1 Å². The first-order valence-electron chi connectivity index (χ1n) is 10.8. The molecule has 0 aliphatic carbocycles. The van der Waals surface area contributed by atoms with Gasteiger partial charge in [0.15, 0.2) is 11.0 Å². The van der Waals surface area contributed by atoms with Gasteiger partial charge in [-0.2, -0.15) is 5.10 Å². The van der Waals surface area contributed by atoms with E-state index >= 15 is 0 Å². The quantitative estimate of drug-likeness (QED) is 0.193. The minimum Gasteiger partial charge on any atom is -0.497 e. The molecule has 0 aliphatic heterocycles. The van der Waals surface area contributed by atoms with E-state index in [2.05, 4.69) is 20.7 Å². The molecule has 4 rings (SSSR count). The molecular formula is C26H24ClN5O2S. The summed E-state index contributed by atoms with van der Waals surface area (Å²) in [5.74, 6) is 1.29. The Balaban J connectivity index is 1.54. The number of nitrogens with one attached hydrogen (secondary N) is 1. The van der Waals surface area contributed by atoms with Crippen molar-refractivity contribution in [3.05, 3.63) is 88.9 Å². The van der Waals surface area contributed by atoms with Crippen molar-refractivity contribution in [2.24, 2.45) is 5.10 Å². The fourth-order valence-corrected chi connectivity index (χ4v) is 4.36. The van der Waals surface area contributed by atoms with Gasteiger partial charge in [-0.3, -0.25) is 9.36 Å². The van der Waals surface area contributed by atoms with Crippen LogP contribution in [0.2, 0.25) is 5.02 Å². The van der Waals surface area contributed by atoms with Gasteiger partial charge in [0.2, 0.25) is 0 Å². The zero-order valence-corrected chi connectivity index (χ0v) is 21.1. The van der Waals surface area contributed by atoms with E-state index in [1.165, 1.54) is 11.8 Å². The monoisotopic (exact) mass is 505 g/mol. The number of rotatable bonds is 8. The molecule has 1 N–H and O–H groups in total. The summed E-state index contributed by atoms with van der Waals surface area (Å²) < 4.78 is 7.21. The minimum absolute atomic E-state index is 0.117. The fraction of sp³-hybridized carbons (Fsp3) is 0.154. The van der Waals surface area contributed by atoms with Crippen LogP contribution in [-0.2, 0) is 4.79 Å². The Bertz CT molecular complexity index is 1350. The van der Waals surface area contributed by atoms with Crippen molar-refractivity contribution < 1.29 is 9.53 Å². The van der Waals surface area contributed by atoms with Crippen molar-refractivity contribution in [2.45, 2.75) is 19.0 Å². The van der Waals surface area contributed by atoms with Crippen LogP contribution in [0, 0.1) is 6.92 Å². The third-order valence-electron chi connectivity index (χ3n) is 5.22. The van der Waals surface area contributed by atoms with Gasteiger partial charge in [0.1, 0.15) is 5.75 Å². The summed E-state index contributed by atoms with van der Waals surface area (Å²) in [7, 11) is 1.63. The van der Waals surface area contributed by atoms with Gasteiger partial charge in [-0.15, -0.1) is 10.2 Å². The van der Waals surface area contributed by atoms with Crippen LogP contribution in [0.3, 0.4) is 0 Å². The lowest BCUT2D eigenvalue weighted by Gasteiger charge is -2.11. The summed E-state index contributed by atoms with van der Waals surface area (Å²) in [6, 6.07) is 23.0. The third kappa shape index (κ3) is 5.90. The molecule has 0 fully saturated rings. The van der Waals surface area contributed by atoms with Gasteiger partial charge in [-0.05, 0) is 56.3 Å². The second-order valence-corrected chi connectivity index (χ2v) is 9.06. The van der Waals surface area contributed by atoms with Crippen molar-refractivity contribution in [3.8, 4) is 22.8 Å². The summed E-state index contributed by atoms with van der Waals surface area (Å²) in [5.41, 5.74) is 6.92. The second kappa shape index (κ2) is 11.2. The van der Waals surface area contributed by atoms with Gasteiger partial charge in [-0.1, -0.05) is 59.3 Å². The lowest BCUT2D eigenvalue weighted by Crippen LogP contribution is -2.21. The highest BCUT2D eigenvalue weighted by Gasteiger charge is 2.17. The number of amides is 1. The molecule has 0 unspecified atom stereocenters. The maximum atomic E-state index is 12.5. The molecule has 0 saturated heterocycles. The molecule has 0 spiro atoms. The molecule has 1 amide bonds. The Morgan fingerprint density at radius 3 is 2.46 bits per heavy atom. The molecule has 9 heteroatoms. The van der Waals surface area contributed by atoms with Crippen molar-refractivity contribution in [3.63, 3.8) is 0 Å². The van der Waals surface area contributed by atoms with Crippen molar-refractivity contribution in [2.75, 3.05) is 12.9 Å². The summed E-state index contributed by atoms with van der Waals surface area (Å²) in [6.07, 6.45) is 0. The largest absolute Gasteiger partial charge is 0.497 e. The summed E-state index contributed by atoms with van der Waals surface area (Å²) in [4.78, 5) is 12.5. The standard InChI is InChI=1S/C26H24ClN5O2S/c1-17-8-12-20(13-9-17)32-25(19-10-14-21(34-3)15-11-19)30-31-26(32)35-16-24(33)29-28-18(2)22-6-4-5-7-23(22)27/h4-15H,16H2,1-3H3,(H,29,33). The van der Waals surface area contributed by atoms with Crippen LogP contribution >= 0.6 is 23.4 Å². The van der Waals surface area contributed by atoms with E-state index < -0.39 is 0 Å². The number of carbonyl (C=O) groups is 1. The highest BCUT2D eigenvalue weighted by Crippen LogP contribution is 2.29. The number of hydrogen-bond donors (Lipinski definition) is 1. The Kier molecular flexibility index (Phi) is 7.84. The highest BCUT2D eigenvalue weighted by molar-refractivity contribution is 7.99. The lowest BCUT2D eigenvalue weighted by atomic mass is 10.1. The predicted octanol–water partition coefficient (Wildman–Crippen LogP) is 5.54. The van der Waals surface area contributed by atoms with E-state index in [9.17, 15) is 4.79 Å². The molecule has 35 heavy (non-hydrogen) atoms. The maximum Gasteiger partial charge on any atom is 0.250 e. The average molecular weight is 506 g/mol. The number of aromatic nitrogens is 3. The summed E-state index contributed by atoms with van der Waals surface area (Å²) in [5, 5.41) is 14.2. The van der Waals surface area contributed by atoms with Crippen LogP contribution in [0.5, 0.6) is 5.75 Å². The predicted molar refractivity (Wildman–Crippen MR) is 141 cm³/mol. The zero-order chi connectivity index (χ0) is 24.8. The van der Waals surface area contributed by atoms with Gasteiger partial charge in [0.05, 0.1) is 18.6 Å². The van der Waals surface area contributed by atoms with E-state index in [-0.39, 0.29) is 11.7 Å². The van der Waals surface area contributed by atoms with E-state index in [1.54, 1.807) is 20.1 Å². The second-order valence-electron chi connectivity index (χ2n) is 7.71. The number of benzene rings is 3. The highest BCUT2D eigenvalue weighted by atomic mass is 35.5. The number of nitrogens with zero attached hydrogens (tertiary/aromatic N) is 4. The smallest absolute Gasteiger partial charge is 0.250 e. The maximum absolute atomic E-state index is 12.5. The SMILES string of the molecule is COc1ccc(-c2nnc(SCC(=O)NN=C(C)c3ccccc3Cl)n2-c2ccc(C)cc2)cc1. The third-order valence-corrected chi connectivity index (χ3v) is 6.48. The lowest BCUT2D eigenvalue weighted by molar-refractivity contribution is -0.118. The number of hydrogen-bond acceptors (Lipinski definition) is 6. The molecule has 1 heterocycles. The number of methoxy groups -OCH3 is 1. The Morgan fingerprint density at radius 1 is 1.06 bits per heavy atom. The topological polar surface area (TPSA) is 81.4 Å². The number of thioether (sulfide) groups is 1. The zero-order valence-electron chi connectivity index (χ0n) is 19.5. The van der Waals surface area contributed by atoms with Gasteiger partial charge in [-0.25, -0.2) is 5.43 Å². The molecule has 178 valence electrons.